The number of amides is 1. The van der Waals surface area contributed by atoms with Crippen molar-refractivity contribution in [3.8, 4) is 6.07 Å². The molecule has 0 unspecified atom stereocenters. The molecular formula is C14H17FN2OS. The van der Waals surface area contributed by atoms with Gasteiger partial charge in [-0.2, -0.15) is 5.26 Å². The zero-order valence-electron chi connectivity index (χ0n) is 11.1. The molecule has 3 nitrogen and oxygen atoms in total. The predicted octanol–water partition coefficient (Wildman–Crippen LogP) is 2.93. The van der Waals surface area contributed by atoms with Gasteiger partial charge in [0.1, 0.15) is 5.82 Å². The molecule has 0 aliphatic rings. The monoisotopic (exact) mass is 280 g/mol. The average Bonchev–Trinajstić information content (AvgIpc) is 2.40. The van der Waals surface area contributed by atoms with Gasteiger partial charge in [0.15, 0.2) is 0 Å². The van der Waals surface area contributed by atoms with Crippen LogP contribution in [0.2, 0.25) is 0 Å². The van der Waals surface area contributed by atoms with Gasteiger partial charge in [-0.15, -0.1) is 11.8 Å². The molecule has 1 aromatic rings. The quantitative estimate of drug-likeness (QED) is 0.753. The zero-order chi connectivity index (χ0) is 14.3. The standard InChI is InChI=1S/C14H17FN2OS/c1-11(9-16)10-17(2)14(18)7-8-19-13-6-4-3-5-12(13)15/h3-6,11H,7-8,10H2,1-2H3/t11-/m1/s1. The number of halogens is 1. The Bertz CT molecular complexity index is 473. The highest BCUT2D eigenvalue weighted by atomic mass is 32.2. The largest absolute Gasteiger partial charge is 0.344 e. The fourth-order valence-corrected chi connectivity index (χ4v) is 2.43. The molecule has 19 heavy (non-hydrogen) atoms. The van der Waals surface area contributed by atoms with Gasteiger partial charge in [0.2, 0.25) is 5.91 Å². The van der Waals surface area contributed by atoms with Crippen LogP contribution >= 0.6 is 11.8 Å². The minimum absolute atomic E-state index is 0.0223. The molecule has 0 bridgehead atoms. The number of thioether (sulfide) groups is 1. The number of hydrogen-bond acceptors (Lipinski definition) is 3. The maximum absolute atomic E-state index is 13.3. The molecule has 1 atom stereocenters. The van der Waals surface area contributed by atoms with Crippen LogP contribution in [0.4, 0.5) is 4.39 Å². The molecule has 0 aliphatic heterocycles. The first-order valence-electron chi connectivity index (χ1n) is 6.05. The van der Waals surface area contributed by atoms with Crippen LogP contribution in [0.25, 0.3) is 0 Å². The number of rotatable bonds is 6. The van der Waals surface area contributed by atoms with E-state index in [1.807, 2.05) is 0 Å². The number of nitriles is 1. The summed E-state index contributed by atoms with van der Waals surface area (Å²) >= 11 is 1.33. The molecule has 0 saturated carbocycles. The van der Waals surface area contributed by atoms with Crippen molar-refractivity contribution >= 4 is 17.7 Å². The van der Waals surface area contributed by atoms with Gasteiger partial charge in [0.05, 0.1) is 12.0 Å². The van der Waals surface area contributed by atoms with E-state index in [1.54, 1.807) is 37.1 Å². The summed E-state index contributed by atoms with van der Waals surface area (Å²) in [6, 6.07) is 8.61. The van der Waals surface area contributed by atoms with Crippen LogP contribution in [0.15, 0.2) is 29.2 Å². The van der Waals surface area contributed by atoms with Gasteiger partial charge in [-0.05, 0) is 19.1 Å². The first-order valence-corrected chi connectivity index (χ1v) is 7.04. The zero-order valence-corrected chi connectivity index (χ0v) is 11.9. The minimum atomic E-state index is -0.258. The third kappa shape index (κ3) is 5.31. The molecule has 0 radical (unpaired) electrons. The SMILES string of the molecule is C[C@H](C#N)CN(C)C(=O)CCSc1ccccc1F. The Morgan fingerprint density at radius 1 is 1.53 bits per heavy atom. The summed E-state index contributed by atoms with van der Waals surface area (Å²) < 4.78 is 13.3. The Hall–Kier alpha value is -1.54. The third-order valence-electron chi connectivity index (χ3n) is 2.60. The Kier molecular flexibility index (Phi) is 6.37. The van der Waals surface area contributed by atoms with Crippen LogP contribution in [-0.2, 0) is 4.79 Å². The second-order valence-electron chi connectivity index (χ2n) is 4.33. The van der Waals surface area contributed by atoms with E-state index in [9.17, 15) is 9.18 Å². The van der Waals surface area contributed by atoms with E-state index in [4.69, 9.17) is 5.26 Å². The third-order valence-corrected chi connectivity index (χ3v) is 3.65. The molecule has 0 aliphatic carbocycles. The molecule has 0 N–H and O–H groups in total. The van der Waals surface area contributed by atoms with Gasteiger partial charge >= 0.3 is 0 Å². The van der Waals surface area contributed by atoms with Crippen LogP contribution in [-0.4, -0.2) is 30.2 Å². The second kappa shape index (κ2) is 7.80. The minimum Gasteiger partial charge on any atom is -0.344 e. The summed E-state index contributed by atoms with van der Waals surface area (Å²) in [5.74, 6) is 0.0796. The number of hydrogen-bond donors (Lipinski definition) is 0. The molecular weight excluding hydrogens is 263 g/mol. The van der Waals surface area contributed by atoms with Crippen LogP contribution in [0.3, 0.4) is 0 Å². The number of benzene rings is 1. The average molecular weight is 280 g/mol. The molecule has 0 fully saturated rings. The maximum Gasteiger partial charge on any atom is 0.223 e. The lowest BCUT2D eigenvalue weighted by Gasteiger charge is -2.18. The lowest BCUT2D eigenvalue weighted by molar-refractivity contribution is -0.129. The van der Waals surface area contributed by atoms with E-state index in [2.05, 4.69) is 6.07 Å². The molecule has 5 heteroatoms. The summed E-state index contributed by atoms with van der Waals surface area (Å²) in [7, 11) is 1.68. The van der Waals surface area contributed by atoms with Crippen molar-refractivity contribution in [1.82, 2.24) is 4.90 Å². The fraction of sp³-hybridized carbons (Fsp3) is 0.429. The summed E-state index contributed by atoms with van der Waals surface area (Å²) in [5.41, 5.74) is 0. The Labute approximate surface area is 117 Å². The van der Waals surface area contributed by atoms with E-state index in [0.717, 1.165) is 0 Å². The van der Waals surface area contributed by atoms with Crippen LogP contribution in [0, 0.1) is 23.1 Å². The van der Waals surface area contributed by atoms with Crippen molar-refractivity contribution in [3.05, 3.63) is 30.1 Å². The van der Waals surface area contributed by atoms with E-state index < -0.39 is 0 Å². The van der Waals surface area contributed by atoms with Crippen molar-refractivity contribution in [2.24, 2.45) is 5.92 Å². The Balaban J connectivity index is 2.35. The van der Waals surface area contributed by atoms with Crippen molar-refractivity contribution in [1.29, 1.82) is 5.26 Å². The smallest absolute Gasteiger partial charge is 0.223 e. The van der Waals surface area contributed by atoms with Gasteiger partial charge in [-0.3, -0.25) is 4.79 Å². The van der Waals surface area contributed by atoms with Gasteiger partial charge < -0.3 is 4.90 Å². The summed E-state index contributed by atoms with van der Waals surface area (Å²) in [5, 5.41) is 8.69. The first-order chi connectivity index (χ1) is 9.04. The number of carbonyl (C=O) groups excluding carboxylic acids is 1. The Morgan fingerprint density at radius 2 is 2.21 bits per heavy atom. The van der Waals surface area contributed by atoms with Crippen LogP contribution in [0.1, 0.15) is 13.3 Å². The van der Waals surface area contributed by atoms with Crippen LogP contribution < -0.4 is 0 Å². The summed E-state index contributed by atoms with van der Waals surface area (Å²) in [6.45, 7) is 2.21. The van der Waals surface area contributed by atoms with Gasteiger partial charge in [-0.25, -0.2) is 4.39 Å². The van der Waals surface area contributed by atoms with E-state index in [-0.39, 0.29) is 17.6 Å². The number of nitrogens with zero attached hydrogens (tertiary/aromatic N) is 2. The summed E-state index contributed by atoms with van der Waals surface area (Å²) in [6.07, 6.45) is 0.341. The molecule has 1 amide bonds. The molecule has 0 aromatic heterocycles. The maximum atomic E-state index is 13.3. The van der Waals surface area contributed by atoms with E-state index >= 15 is 0 Å². The normalized spacial score (nSPS) is 11.7. The van der Waals surface area contributed by atoms with E-state index in [1.165, 1.54) is 17.8 Å². The number of carbonyl (C=O) groups is 1. The second-order valence-corrected chi connectivity index (χ2v) is 5.47. The predicted molar refractivity (Wildman–Crippen MR) is 74.2 cm³/mol. The highest BCUT2D eigenvalue weighted by molar-refractivity contribution is 7.99. The van der Waals surface area contributed by atoms with Crippen LogP contribution in [0.5, 0.6) is 0 Å². The molecule has 0 spiro atoms. The topological polar surface area (TPSA) is 44.1 Å². The lowest BCUT2D eigenvalue weighted by Crippen LogP contribution is -2.30. The highest BCUT2D eigenvalue weighted by Gasteiger charge is 2.12. The molecule has 1 rings (SSSR count). The van der Waals surface area contributed by atoms with E-state index in [0.29, 0.717) is 23.6 Å². The molecule has 102 valence electrons. The van der Waals surface area contributed by atoms with Gasteiger partial charge in [0.25, 0.3) is 0 Å². The fourth-order valence-electron chi connectivity index (χ4n) is 1.55. The van der Waals surface area contributed by atoms with Gasteiger partial charge in [-0.1, -0.05) is 12.1 Å². The van der Waals surface area contributed by atoms with Crippen molar-refractivity contribution in [2.75, 3.05) is 19.3 Å². The van der Waals surface area contributed by atoms with Gasteiger partial charge in [0, 0.05) is 30.7 Å². The summed E-state index contributed by atoms with van der Waals surface area (Å²) in [4.78, 5) is 13.9. The Morgan fingerprint density at radius 3 is 2.84 bits per heavy atom. The van der Waals surface area contributed by atoms with Crippen molar-refractivity contribution in [2.45, 2.75) is 18.2 Å². The molecule has 1 aromatic carbocycles. The highest BCUT2D eigenvalue weighted by Crippen LogP contribution is 2.21. The van der Waals surface area contributed by atoms with Crippen molar-refractivity contribution < 1.29 is 9.18 Å². The lowest BCUT2D eigenvalue weighted by atomic mass is 10.2. The van der Waals surface area contributed by atoms with Crippen molar-refractivity contribution in [3.63, 3.8) is 0 Å². The first kappa shape index (κ1) is 15.5. The molecule has 0 saturated heterocycles. The molecule has 0 heterocycles.